The fourth-order valence-electron chi connectivity index (χ4n) is 2.45. The number of nitrogens with zero attached hydrogens (tertiary/aromatic N) is 1. The molecule has 0 bridgehead atoms. The van der Waals surface area contributed by atoms with Crippen molar-refractivity contribution in [1.29, 1.82) is 0 Å². The first-order valence-corrected chi connectivity index (χ1v) is 7.68. The number of methoxy groups -OCH3 is 1. The van der Waals surface area contributed by atoms with Crippen LogP contribution in [0.4, 0.5) is 0 Å². The molecule has 0 radical (unpaired) electrons. The second-order valence-electron chi connectivity index (χ2n) is 5.21. The van der Waals surface area contributed by atoms with Crippen LogP contribution in [0.25, 0.3) is 0 Å². The number of carbonyl (C=O) groups is 2. The number of carboxylic acids is 1. The lowest BCUT2D eigenvalue weighted by molar-refractivity contribution is -0.166. The van der Waals surface area contributed by atoms with Gasteiger partial charge in [-0.2, -0.15) is 0 Å². The zero-order chi connectivity index (χ0) is 16.3. The lowest BCUT2D eigenvalue weighted by Gasteiger charge is -2.35. The van der Waals surface area contributed by atoms with Gasteiger partial charge in [0.25, 0.3) is 0 Å². The number of benzene rings is 1. The third kappa shape index (κ3) is 3.98. The highest BCUT2D eigenvalue weighted by molar-refractivity contribution is 9.10. The second kappa shape index (κ2) is 7.11. The van der Waals surface area contributed by atoms with Crippen LogP contribution in [0.3, 0.4) is 0 Å². The van der Waals surface area contributed by atoms with Gasteiger partial charge in [0, 0.05) is 16.6 Å². The van der Waals surface area contributed by atoms with Crippen molar-refractivity contribution in [2.45, 2.75) is 25.6 Å². The van der Waals surface area contributed by atoms with Crippen LogP contribution in [-0.4, -0.2) is 54.3 Å². The van der Waals surface area contributed by atoms with Crippen LogP contribution in [0.1, 0.15) is 12.5 Å². The van der Waals surface area contributed by atoms with Gasteiger partial charge in [-0.1, -0.05) is 15.9 Å². The molecule has 1 fully saturated rings. The molecule has 1 aromatic rings. The maximum absolute atomic E-state index is 12.5. The average molecular weight is 372 g/mol. The van der Waals surface area contributed by atoms with E-state index in [9.17, 15) is 9.59 Å². The van der Waals surface area contributed by atoms with E-state index in [1.54, 1.807) is 20.1 Å². The van der Waals surface area contributed by atoms with Gasteiger partial charge >= 0.3 is 5.97 Å². The van der Waals surface area contributed by atoms with Crippen molar-refractivity contribution in [3.05, 3.63) is 28.2 Å². The maximum Gasteiger partial charge on any atom is 0.334 e. The molecular weight excluding hydrogens is 354 g/mol. The summed E-state index contributed by atoms with van der Waals surface area (Å²) in [5.74, 6) is -0.560. The van der Waals surface area contributed by atoms with Crippen molar-refractivity contribution in [2.24, 2.45) is 0 Å². The lowest BCUT2D eigenvalue weighted by atomic mass is 10.1. The summed E-state index contributed by atoms with van der Waals surface area (Å²) >= 11 is 3.37. The van der Waals surface area contributed by atoms with Gasteiger partial charge in [-0.3, -0.25) is 4.79 Å². The molecule has 2 rings (SSSR count). The van der Waals surface area contributed by atoms with E-state index in [2.05, 4.69) is 15.9 Å². The van der Waals surface area contributed by atoms with Gasteiger partial charge < -0.3 is 19.5 Å². The van der Waals surface area contributed by atoms with Crippen LogP contribution < -0.4 is 4.74 Å². The number of rotatable bonds is 4. The Balaban J connectivity index is 2.11. The van der Waals surface area contributed by atoms with Gasteiger partial charge in [0.05, 0.1) is 26.2 Å². The van der Waals surface area contributed by atoms with E-state index in [-0.39, 0.29) is 25.0 Å². The quantitative estimate of drug-likeness (QED) is 0.871. The first kappa shape index (κ1) is 16.8. The Morgan fingerprint density at radius 1 is 1.45 bits per heavy atom. The number of morpholine rings is 1. The Labute approximate surface area is 137 Å². The van der Waals surface area contributed by atoms with Crippen LogP contribution in [-0.2, 0) is 20.7 Å². The molecule has 1 amide bonds. The van der Waals surface area contributed by atoms with Gasteiger partial charge in [-0.15, -0.1) is 0 Å². The monoisotopic (exact) mass is 371 g/mol. The highest BCUT2D eigenvalue weighted by Gasteiger charge is 2.32. The second-order valence-corrected chi connectivity index (χ2v) is 6.12. The van der Waals surface area contributed by atoms with E-state index in [4.69, 9.17) is 14.6 Å². The van der Waals surface area contributed by atoms with Gasteiger partial charge in [0.2, 0.25) is 5.91 Å². The number of ether oxygens (including phenoxy) is 2. The molecule has 0 aromatic heterocycles. The Morgan fingerprint density at radius 3 is 2.82 bits per heavy atom. The first-order chi connectivity index (χ1) is 10.4. The maximum atomic E-state index is 12.5. The molecule has 6 nitrogen and oxygen atoms in total. The Morgan fingerprint density at radius 2 is 2.18 bits per heavy atom. The average Bonchev–Trinajstić information content (AvgIpc) is 2.46. The van der Waals surface area contributed by atoms with Gasteiger partial charge in [-0.05, 0) is 25.1 Å². The number of halogens is 1. The summed E-state index contributed by atoms with van der Waals surface area (Å²) in [6.45, 7) is 2.21. The minimum atomic E-state index is -1.05. The standard InChI is InChI=1S/C15H18BrNO5/c1-9-7-17(8-13(22-9)15(19)20)14(18)6-10-5-11(16)3-4-12(10)21-2/h3-5,9,13H,6-8H2,1-2H3,(H,19,20)/t9-,13?/m1/s1. The normalized spacial score (nSPS) is 21.5. The number of carboxylic acid groups (broad SMARTS) is 1. The molecule has 2 atom stereocenters. The van der Waals surface area contributed by atoms with Crippen LogP contribution in [0.5, 0.6) is 5.75 Å². The molecule has 120 valence electrons. The van der Waals surface area contributed by atoms with E-state index >= 15 is 0 Å². The molecular formula is C15H18BrNO5. The van der Waals surface area contributed by atoms with Crippen molar-refractivity contribution in [3.8, 4) is 5.75 Å². The number of hydrogen-bond acceptors (Lipinski definition) is 4. The molecule has 1 saturated heterocycles. The molecule has 22 heavy (non-hydrogen) atoms. The van der Waals surface area contributed by atoms with Crippen molar-refractivity contribution in [3.63, 3.8) is 0 Å². The summed E-state index contributed by atoms with van der Waals surface area (Å²) in [7, 11) is 1.55. The molecule has 1 aliphatic heterocycles. The molecule has 0 saturated carbocycles. The Kier molecular flexibility index (Phi) is 5.42. The summed E-state index contributed by atoms with van der Waals surface area (Å²) in [4.78, 5) is 25.1. The number of aliphatic carboxylic acids is 1. The predicted octanol–water partition coefficient (Wildman–Crippen LogP) is 1.70. The largest absolute Gasteiger partial charge is 0.496 e. The number of amides is 1. The van der Waals surface area contributed by atoms with Crippen LogP contribution >= 0.6 is 15.9 Å². The zero-order valence-corrected chi connectivity index (χ0v) is 14.0. The van der Waals surface area contributed by atoms with E-state index in [0.29, 0.717) is 12.3 Å². The van der Waals surface area contributed by atoms with E-state index in [1.165, 1.54) is 4.90 Å². The zero-order valence-electron chi connectivity index (χ0n) is 12.4. The van der Waals surface area contributed by atoms with E-state index < -0.39 is 12.1 Å². The molecule has 7 heteroatoms. The molecule has 0 spiro atoms. The Hall–Kier alpha value is -1.60. The van der Waals surface area contributed by atoms with Crippen LogP contribution in [0.15, 0.2) is 22.7 Å². The molecule has 1 N–H and O–H groups in total. The Bertz CT molecular complexity index is 577. The van der Waals surface area contributed by atoms with Gasteiger partial charge in [0.15, 0.2) is 6.10 Å². The van der Waals surface area contributed by atoms with Gasteiger partial charge in [-0.25, -0.2) is 4.79 Å². The lowest BCUT2D eigenvalue weighted by Crippen LogP contribution is -2.52. The summed E-state index contributed by atoms with van der Waals surface area (Å²) in [5, 5.41) is 9.07. The molecule has 1 aromatic carbocycles. The fraction of sp³-hybridized carbons (Fsp3) is 0.467. The van der Waals surface area contributed by atoms with E-state index in [0.717, 1.165) is 10.0 Å². The predicted molar refractivity (Wildman–Crippen MR) is 82.9 cm³/mol. The van der Waals surface area contributed by atoms with E-state index in [1.807, 2.05) is 12.1 Å². The summed E-state index contributed by atoms with van der Waals surface area (Å²) < 4.78 is 11.4. The fourth-order valence-corrected chi connectivity index (χ4v) is 2.86. The summed E-state index contributed by atoms with van der Waals surface area (Å²) in [6, 6.07) is 5.45. The number of hydrogen-bond donors (Lipinski definition) is 1. The van der Waals surface area contributed by atoms with Crippen molar-refractivity contribution < 1.29 is 24.2 Å². The van der Waals surface area contributed by atoms with Crippen molar-refractivity contribution in [2.75, 3.05) is 20.2 Å². The minimum Gasteiger partial charge on any atom is -0.496 e. The SMILES string of the molecule is COc1ccc(Br)cc1CC(=O)N1CC(C(=O)O)O[C@H](C)C1. The molecule has 1 heterocycles. The van der Waals surface area contributed by atoms with Crippen LogP contribution in [0.2, 0.25) is 0 Å². The highest BCUT2D eigenvalue weighted by Crippen LogP contribution is 2.24. The van der Waals surface area contributed by atoms with Crippen molar-refractivity contribution in [1.82, 2.24) is 4.90 Å². The number of carbonyl (C=O) groups excluding carboxylic acids is 1. The molecule has 1 unspecified atom stereocenters. The topological polar surface area (TPSA) is 76.1 Å². The molecule has 1 aliphatic rings. The highest BCUT2D eigenvalue weighted by atomic mass is 79.9. The van der Waals surface area contributed by atoms with Gasteiger partial charge in [0.1, 0.15) is 5.75 Å². The third-order valence-electron chi connectivity index (χ3n) is 3.47. The summed E-state index contributed by atoms with van der Waals surface area (Å²) in [5.41, 5.74) is 0.757. The minimum absolute atomic E-state index is 0.0643. The van der Waals surface area contributed by atoms with Crippen LogP contribution in [0, 0.1) is 0 Å². The third-order valence-corrected chi connectivity index (χ3v) is 3.97. The summed E-state index contributed by atoms with van der Waals surface area (Å²) in [6.07, 6.45) is -1.12. The molecule has 0 aliphatic carbocycles. The first-order valence-electron chi connectivity index (χ1n) is 6.89. The van der Waals surface area contributed by atoms with Crippen molar-refractivity contribution >= 4 is 27.8 Å². The smallest absolute Gasteiger partial charge is 0.334 e.